The van der Waals surface area contributed by atoms with E-state index in [-0.39, 0.29) is 12.3 Å². The molecule has 1 amide bonds. The lowest BCUT2D eigenvalue weighted by molar-refractivity contribution is -0.131. The molecule has 2 aromatic carbocycles. The Labute approximate surface area is 189 Å². The van der Waals surface area contributed by atoms with Gasteiger partial charge in [-0.2, -0.15) is 4.31 Å². The van der Waals surface area contributed by atoms with Gasteiger partial charge in [-0.15, -0.1) is 0 Å². The minimum atomic E-state index is -3.52. The summed E-state index contributed by atoms with van der Waals surface area (Å²) in [6.07, 6.45) is 1.88. The maximum atomic E-state index is 13.0. The topological polar surface area (TPSA) is 70.6 Å². The summed E-state index contributed by atoms with van der Waals surface area (Å²) in [4.78, 5) is 19.4. The molecule has 0 spiro atoms. The third kappa shape index (κ3) is 4.74. The van der Waals surface area contributed by atoms with Gasteiger partial charge in [0.15, 0.2) is 0 Å². The van der Waals surface area contributed by atoms with Crippen LogP contribution in [0.1, 0.15) is 22.4 Å². The summed E-state index contributed by atoms with van der Waals surface area (Å²) in [6.45, 7) is 5.32. The molecule has 2 heterocycles. The van der Waals surface area contributed by atoms with Crippen LogP contribution in [0.25, 0.3) is 17.0 Å². The van der Waals surface area contributed by atoms with Gasteiger partial charge in [0.25, 0.3) is 0 Å². The molecule has 0 saturated carbocycles. The second kappa shape index (κ2) is 9.22. The average molecular weight is 450 g/mol. The Kier molecular flexibility index (Phi) is 6.39. The highest BCUT2D eigenvalue weighted by Gasteiger charge is 2.28. The lowest BCUT2D eigenvalue weighted by atomic mass is 9.99. The van der Waals surface area contributed by atoms with Gasteiger partial charge in [-0.05, 0) is 42.7 Å². The minimum Gasteiger partial charge on any atom is -0.340 e. The van der Waals surface area contributed by atoms with Gasteiger partial charge in [0.2, 0.25) is 15.9 Å². The third-order valence-corrected chi connectivity index (χ3v) is 7.56. The van der Waals surface area contributed by atoms with Gasteiger partial charge in [-0.1, -0.05) is 48.5 Å². The predicted molar refractivity (Wildman–Crippen MR) is 127 cm³/mol. The Balaban J connectivity index is 1.41. The van der Waals surface area contributed by atoms with E-state index >= 15 is 0 Å². The van der Waals surface area contributed by atoms with Crippen LogP contribution in [0.2, 0.25) is 0 Å². The first kappa shape index (κ1) is 22.2. The van der Waals surface area contributed by atoms with E-state index in [0.717, 1.165) is 33.3 Å². The zero-order valence-electron chi connectivity index (χ0n) is 18.4. The fourth-order valence-corrected chi connectivity index (χ4v) is 5.27. The molecule has 3 aromatic rings. The van der Waals surface area contributed by atoms with Crippen LogP contribution in [0.5, 0.6) is 0 Å². The summed E-state index contributed by atoms with van der Waals surface area (Å²) in [5, 5.41) is 2.30. The molecule has 32 heavy (non-hydrogen) atoms. The van der Waals surface area contributed by atoms with Crippen molar-refractivity contribution in [1.29, 1.82) is 0 Å². The Bertz CT molecular complexity index is 1260. The normalized spacial score (nSPS) is 15.5. The Morgan fingerprint density at radius 3 is 2.34 bits per heavy atom. The molecule has 1 aliphatic heterocycles. The number of para-hydroxylation sites is 1. The van der Waals surface area contributed by atoms with E-state index in [1.807, 2.05) is 68.4 Å². The summed E-state index contributed by atoms with van der Waals surface area (Å²) in [6, 6.07) is 17.3. The molecule has 7 heteroatoms. The van der Waals surface area contributed by atoms with Gasteiger partial charge < -0.3 is 4.90 Å². The van der Waals surface area contributed by atoms with E-state index in [2.05, 4.69) is 4.98 Å². The van der Waals surface area contributed by atoms with Gasteiger partial charge in [0, 0.05) is 42.7 Å². The second-order valence-corrected chi connectivity index (χ2v) is 9.85. The van der Waals surface area contributed by atoms with Gasteiger partial charge in [-0.25, -0.2) is 8.42 Å². The van der Waals surface area contributed by atoms with Crippen LogP contribution in [0.4, 0.5) is 0 Å². The number of amides is 1. The summed E-state index contributed by atoms with van der Waals surface area (Å²) in [5.41, 5.74) is 4.66. The predicted octanol–water partition coefficient (Wildman–Crippen LogP) is 3.54. The molecular weight excluding hydrogens is 422 g/mol. The number of hydrogen-bond acceptors (Lipinski definition) is 4. The van der Waals surface area contributed by atoms with Crippen molar-refractivity contribution in [2.45, 2.75) is 20.3 Å². The summed E-state index contributed by atoms with van der Waals surface area (Å²) >= 11 is 0. The number of aromatic nitrogens is 1. The van der Waals surface area contributed by atoms with E-state index in [4.69, 9.17) is 0 Å². The molecule has 0 radical (unpaired) electrons. The monoisotopic (exact) mass is 449 g/mol. The molecule has 1 fully saturated rings. The van der Waals surface area contributed by atoms with Gasteiger partial charge in [0.1, 0.15) is 0 Å². The van der Waals surface area contributed by atoms with Crippen molar-refractivity contribution in [2.75, 3.05) is 26.2 Å². The number of rotatable bonds is 5. The molecule has 1 saturated heterocycles. The maximum Gasteiger partial charge on any atom is 0.236 e. The smallest absolute Gasteiger partial charge is 0.236 e. The van der Waals surface area contributed by atoms with Crippen LogP contribution in [0.15, 0.2) is 60.0 Å². The molecule has 4 rings (SSSR count). The Morgan fingerprint density at radius 1 is 0.969 bits per heavy atom. The molecule has 0 N–H and O–H groups in total. The lowest BCUT2D eigenvalue weighted by Gasteiger charge is -2.33. The number of pyridine rings is 1. The van der Waals surface area contributed by atoms with Crippen molar-refractivity contribution in [1.82, 2.24) is 14.2 Å². The highest BCUT2D eigenvalue weighted by atomic mass is 32.2. The number of carbonyl (C=O) groups excluding carboxylic acids is 1. The van der Waals surface area contributed by atoms with Crippen LogP contribution in [0.3, 0.4) is 0 Å². The van der Waals surface area contributed by atoms with Crippen LogP contribution < -0.4 is 0 Å². The summed E-state index contributed by atoms with van der Waals surface area (Å²) in [7, 11) is -3.52. The third-order valence-electron chi connectivity index (χ3n) is 6.00. The van der Waals surface area contributed by atoms with Crippen molar-refractivity contribution < 1.29 is 13.2 Å². The van der Waals surface area contributed by atoms with E-state index in [0.29, 0.717) is 26.2 Å². The Hall–Kier alpha value is -3.03. The highest BCUT2D eigenvalue weighted by molar-refractivity contribution is 7.92. The van der Waals surface area contributed by atoms with Crippen LogP contribution in [-0.4, -0.2) is 54.7 Å². The molecule has 0 unspecified atom stereocenters. The SMILES string of the molecule is Cc1nc2ccccc2c(C)c1CC(=O)N1CCN(S(=O)(=O)C=Cc2ccccc2)CC1. The van der Waals surface area contributed by atoms with E-state index in [1.165, 1.54) is 9.71 Å². The molecular formula is C25H27N3O3S. The van der Waals surface area contributed by atoms with Crippen molar-refractivity contribution in [3.8, 4) is 0 Å². The van der Waals surface area contributed by atoms with Crippen molar-refractivity contribution in [3.63, 3.8) is 0 Å². The van der Waals surface area contributed by atoms with E-state index < -0.39 is 10.0 Å². The quantitative estimate of drug-likeness (QED) is 0.597. The van der Waals surface area contributed by atoms with E-state index in [1.54, 1.807) is 11.0 Å². The standard InChI is InChI=1S/C25H27N3O3S/c1-19-22-10-6-7-11-24(22)26-20(2)23(19)18-25(29)27-13-15-28(16-14-27)32(30,31)17-12-21-8-4-3-5-9-21/h3-12,17H,13-16,18H2,1-2H3. The summed E-state index contributed by atoms with van der Waals surface area (Å²) in [5.74, 6) is 0.00477. The number of aryl methyl sites for hydroxylation is 2. The summed E-state index contributed by atoms with van der Waals surface area (Å²) < 4.78 is 26.8. The van der Waals surface area contributed by atoms with Gasteiger partial charge in [0.05, 0.1) is 11.9 Å². The molecule has 0 atom stereocenters. The number of fused-ring (bicyclic) bond motifs is 1. The Morgan fingerprint density at radius 2 is 1.62 bits per heavy atom. The molecule has 0 bridgehead atoms. The van der Waals surface area contributed by atoms with Crippen molar-refractivity contribution in [2.24, 2.45) is 0 Å². The fraction of sp³-hybridized carbons (Fsp3) is 0.280. The first-order valence-electron chi connectivity index (χ1n) is 10.7. The van der Waals surface area contributed by atoms with Crippen molar-refractivity contribution >= 4 is 32.9 Å². The largest absolute Gasteiger partial charge is 0.340 e. The van der Waals surface area contributed by atoms with Crippen LogP contribution in [-0.2, 0) is 21.2 Å². The molecule has 1 aromatic heterocycles. The zero-order chi connectivity index (χ0) is 22.7. The number of nitrogens with zero attached hydrogens (tertiary/aromatic N) is 3. The van der Waals surface area contributed by atoms with Gasteiger partial charge >= 0.3 is 0 Å². The van der Waals surface area contributed by atoms with Crippen LogP contribution >= 0.6 is 0 Å². The number of hydrogen-bond donors (Lipinski definition) is 0. The fourth-order valence-electron chi connectivity index (χ4n) is 4.10. The van der Waals surface area contributed by atoms with Crippen LogP contribution in [0, 0.1) is 13.8 Å². The number of benzene rings is 2. The first-order valence-corrected chi connectivity index (χ1v) is 12.2. The van der Waals surface area contributed by atoms with Crippen molar-refractivity contribution in [3.05, 3.63) is 82.4 Å². The number of sulfonamides is 1. The molecule has 6 nitrogen and oxygen atoms in total. The molecule has 1 aliphatic rings. The minimum absolute atomic E-state index is 0.00477. The molecule has 166 valence electrons. The number of carbonyl (C=O) groups is 1. The maximum absolute atomic E-state index is 13.0. The average Bonchev–Trinajstić information content (AvgIpc) is 2.81. The van der Waals surface area contributed by atoms with E-state index in [9.17, 15) is 13.2 Å². The first-order chi connectivity index (χ1) is 15.3. The zero-order valence-corrected chi connectivity index (χ0v) is 19.2. The molecule has 0 aliphatic carbocycles. The van der Waals surface area contributed by atoms with Gasteiger partial charge in [-0.3, -0.25) is 9.78 Å². The number of piperazine rings is 1. The lowest BCUT2D eigenvalue weighted by Crippen LogP contribution is -2.50. The second-order valence-electron chi connectivity index (χ2n) is 8.03. The highest BCUT2D eigenvalue weighted by Crippen LogP contribution is 2.23.